The van der Waals surface area contributed by atoms with Crippen molar-refractivity contribution in [1.82, 2.24) is 4.57 Å². The number of fused-ring (bicyclic) bond motifs is 3. The van der Waals surface area contributed by atoms with Crippen LogP contribution in [0.25, 0.3) is 16.6 Å². The van der Waals surface area contributed by atoms with Crippen LogP contribution in [0.2, 0.25) is 0 Å². The predicted molar refractivity (Wildman–Crippen MR) is 187 cm³/mol. The Labute approximate surface area is 263 Å². The van der Waals surface area contributed by atoms with Crippen molar-refractivity contribution in [2.24, 2.45) is 4.99 Å². The number of nitrogens with zero attached hydrogens (tertiary/aromatic N) is 2. The van der Waals surface area contributed by atoms with Crippen LogP contribution >= 0.6 is 0 Å². The normalized spacial score (nSPS) is 13.6. The van der Waals surface area contributed by atoms with Gasteiger partial charge < -0.3 is 15.2 Å². The molecule has 0 saturated heterocycles. The summed E-state index contributed by atoms with van der Waals surface area (Å²) in [5, 5.41) is 8.03. The van der Waals surface area contributed by atoms with Gasteiger partial charge in [0.15, 0.2) is 0 Å². The van der Waals surface area contributed by atoms with Crippen molar-refractivity contribution in [3.63, 3.8) is 0 Å². The Hall–Kier alpha value is -5.68. The smallest absolute Gasteiger partial charge is 0.205 e. The van der Waals surface area contributed by atoms with Crippen molar-refractivity contribution in [2.75, 3.05) is 10.6 Å². The van der Waals surface area contributed by atoms with E-state index in [1.807, 2.05) is 24.3 Å². The molecule has 1 aromatic heterocycles. The topological polar surface area (TPSA) is 58.4 Å². The van der Waals surface area contributed by atoms with Crippen LogP contribution in [0.4, 0.5) is 22.7 Å². The summed E-state index contributed by atoms with van der Waals surface area (Å²) in [6, 6.07) is 39.3. The molecule has 0 amide bonds. The molecule has 6 aromatic rings. The minimum atomic E-state index is -0.0766. The van der Waals surface area contributed by atoms with Crippen molar-refractivity contribution >= 4 is 45.1 Å². The third kappa shape index (κ3) is 5.56. The summed E-state index contributed by atoms with van der Waals surface area (Å²) in [6.45, 7) is 8.28. The van der Waals surface area contributed by atoms with Crippen LogP contribution in [-0.4, -0.2) is 16.1 Å². The first kappa shape index (κ1) is 28.1. The number of carbonyl (C=O) groups is 1. The van der Waals surface area contributed by atoms with Crippen molar-refractivity contribution in [2.45, 2.75) is 27.7 Å². The average Bonchev–Trinajstić information content (AvgIpc) is 3.38. The second-order valence-corrected chi connectivity index (χ2v) is 11.8. The van der Waals surface area contributed by atoms with E-state index in [0.717, 1.165) is 61.7 Å². The van der Waals surface area contributed by atoms with Crippen LogP contribution in [0.1, 0.15) is 38.3 Å². The van der Waals surface area contributed by atoms with E-state index in [-0.39, 0.29) is 5.78 Å². The van der Waals surface area contributed by atoms with Gasteiger partial charge in [-0.1, -0.05) is 70.8 Å². The number of aromatic nitrogens is 1. The molecule has 0 bridgehead atoms. The van der Waals surface area contributed by atoms with Gasteiger partial charge in [-0.15, -0.1) is 0 Å². The maximum atomic E-state index is 14.2. The molecule has 1 aliphatic rings. The maximum Gasteiger partial charge on any atom is 0.205 e. The molecule has 7 rings (SSSR count). The van der Waals surface area contributed by atoms with Crippen molar-refractivity contribution in [3.8, 4) is 5.69 Å². The predicted octanol–water partition coefficient (Wildman–Crippen LogP) is 9.92. The Morgan fingerprint density at radius 2 is 1.09 bits per heavy atom. The Morgan fingerprint density at radius 3 is 1.69 bits per heavy atom. The van der Waals surface area contributed by atoms with Gasteiger partial charge in [0.2, 0.25) is 5.78 Å². The molecule has 1 aliphatic carbocycles. The number of aliphatic imine (C=N–C) groups is 1. The SMILES string of the molecule is Cc1ccc(N=C2C(Nc3ccc(C)cc3)=CC(=O)c3c2c2cc(Nc4ccc(C)cc4)ccc2n3-c2ccc(C)cc2)cc1. The van der Waals surface area contributed by atoms with E-state index in [0.29, 0.717) is 11.4 Å². The molecular formula is C40H34N4O. The van der Waals surface area contributed by atoms with Crippen molar-refractivity contribution < 1.29 is 4.79 Å². The van der Waals surface area contributed by atoms with E-state index in [2.05, 4.69) is 134 Å². The van der Waals surface area contributed by atoms with Gasteiger partial charge >= 0.3 is 0 Å². The molecule has 0 radical (unpaired) electrons. The van der Waals surface area contributed by atoms with Crippen LogP contribution in [0.5, 0.6) is 0 Å². The maximum absolute atomic E-state index is 14.2. The quantitative estimate of drug-likeness (QED) is 0.204. The van der Waals surface area contributed by atoms with Crippen molar-refractivity contribution in [3.05, 3.63) is 161 Å². The zero-order chi connectivity index (χ0) is 31.1. The van der Waals surface area contributed by atoms with E-state index in [1.54, 1.807) is 6.08 Å². The number of rotatable bonds is 6. The van der Waals surface area contributed by atoms with E-state index in [4.69, 9.17) is 4.99 Å². The number of allylic oxidation sites excluding steroid dienone is 2. The summed E-state index contributed by atoms with van der Waals surface area (Å²) in [6.07, 6.45) is 1.68. The summed E-state index contributed by atoms with van der Waals surface area (Å²) in [5.41, 5.74) is 13.0. The lowest BCUT2D eigenvalue weighted by Gasteiger charge is -2.20. The Balaban J connectivity index is 1.47. The molecule has 5 aromatic carbocycles. The summed E-state index contributed by atoms with van der Waals surface area (Å²) in [5.74, 6) is -0.0766. The first-order chi connectivity index (χ1) is 21.8. The standard InChI is InChI=1S/C40H34N4O/c1-25-5-13-29(14-6-25)41-32-19-22-36-34(23-32)38-39(43-31-17-9-27(3)10-18-31)35(42-30-15-7-26(2)8-16-30)24-37(45)40(38)44(36)33-20-11-28(4)12-21-33/h5-24,41-42H,1-4H3. The Kier molecular flexibility index (Phi) is 7.14. The van der Waals surface area contributed by atoms with E-state index in [9.17, 15) is 4.79 Å². The summed E-state index contributed by atoms with van der Waals surface area (Å²) < 4.78 is 2.08. The molecule has 0 unspecified atom stereocenters. The van der Waals surface area contributed by atoms with E-state index in [1.165, 1.54) is 11.1 Å². The number of benzene rings is 5. The lowest BCUT2D eigenvalue weighted by molar-refractivity contribution is 0.103. The van der Waals surface area contributed by atoms with Gasteiger partial charge in [0, 0.05) is 39.8 Å². The lowest BCUT2D eigenvalue weighted by atomic mass is 9.94. The fourth-order valence-electron chi connectivity index (χ4n) is 5.76. The molecular weight excluding hydrogens is 552 g/mol. The summed E-state index contributed by atoms with van der Waals surface area (Å²) >= 11 is 0. The number of carbonyl (C=O) groups excluding carboxylic acids is 1. The van der Waals surface area contributed by atoms with E-state index < -0.39 is 0 Å². The molecule has 45 heavy (non-hydrogen) atoms. The van der Waals surface area contributed by atoms with Gasteiger partial charge in [0.05, 0.1) is 22.6 Å². The first-order valence-corrected chi connectivity index (χ1v) is 15.2. The third-order valence-electron chi connectivity index (χ3n) is 8.21. The number of hydrogen-bond acceptors (Lipinski definition) is 4. The molecule has 1 heterocycles. The molecule has 0 saturated carbocycles. The molecule has 5 nitrogen and oxygen atoms in total. The zero-order valence-corrected chi connectivity index (χ0v) is 25.8. The number of aryl methyl sites for hydroxylation is 4. The highest BCUT2D eigenvalue weighted by molar-refractivity contribution is 6.32. The molecule has 0 spiro atoms. The van der Waals surface area contributed by atoms with Crippen molar-refractivity contribution in [1.29, 1.82) is 0 Å². The fourth-order valence-corrected chi connectivity index (χ4v) is 5.76. The largest absolute Gasteiger partial charge is 0.356 e. The van der Waals surface area contributed by atoms with Gasteiger partial charge in [-0.25, -0.2) is 4.99 Å². The molecule has 0 aliphatic heterocycles. The minimum Gasteiger partial charge on any atom is -0.356 e. The van der Waals surface area contributed by atoms with Gasteiger partial charge in [0.1, 0.15) is 5.69 Å². The lowest BCUT2D eigenvalue weighted by Crippen LogP contribution is -2.23. The van der Waals surface area contributed by atoms with Gasteiger partial charge in [-0.05, 0) is 94.4 Å². The van der Waals surface area contributed by atoms with Gasteiger partial charge in [-0.2, -0.15) is 0 Å². The number of ketones is 1. The number of nitrogens with one attached hydrogen (secondary N) is 2. The fraction of sp³-hybridized carbons (Fsp3) is 0.100. The van der Waals surface area contributed by atoms with Gasteiger partial charge in [0.25, 0.3) is 0 Å². The zero-order valence-electron chi connectivity index (χ0n) is 25.8. The number of hydrogen-bond donors (Lipinski definition) is 2. The highest BCUT2D eigenvalue weighted by Crippen LogP contribution is 2.38. The third-order valence-corrected chi connectivity index (χ3v) is 8.21. The van der Waals surface area contributed by atoms with Crippen LogP contribution < -0.4 is 10.6 Å². The first-order valence-electron chi connectivity index (χ1n) is 15.2. The van der Waals surface area contributed by atoms with Crippen LogP contribution in [-0.2, 0) is 0 Å². The summed E-state index contributed by atoms with van der Waals surface area (Å²) in [4.78, 5) is 19.4. The average molecular weight is 587 g/mol. The molecule has 2 N–H and O–H groups in total. The summed E-state index contributed by atoms with van der Waals surface area (Å²) in [7, 11) is 0. The highest BCUT2D eigenvalue weighted by Gasteiger charge is 2.32. The van der Waals surface area contributed by atoms with Crippen LogP contribution in [0.15, 0.2) is 132 Å². The second-order valence-electron chi connectivity index (χ2n) is 11.8. The Bertz CT molecular complexity index is 2110. The van der Waals surface area contributed by atoms with Crippen LogP contribution in [0.3, 0.4) is 0 Å². The highest BCUT2D eigenvalue weighted by atomic mass is 16.1. The molecule has 0 atom stereocenters. The molecule has 0 fully saturated rings. The second kappa shape index (κ2) is 11.4. The van der Waals surface area contributed by atoms with E-state index >= 15 is 0 Å². The molecule has 220 valence electrons. The Morgan fingerprint density at radius 1 is 0.578 bits per heavy atom. The van der Waals surface area contributed by atoms with Gasteiger partial charge in [-0.3, -0.25) is 4.79 Å². The monoisotopic (exact) mass is 586 g/mol. The minimum absolute atomic E-state index is 0.0766. The van der Waals surface area contributed by atoms with Crippen LogP contribution in [0, 0.1) is 27.7 Å². The number of anilines is 3. The molecule has 5 heteroatoms.